The lowest BCUT2D eigenvalue weighted by Gasteiger charge is -2.34. The number of carbonyl (C=O) groups is 6. The Hall–Kier alpha value is -3.18. The fraction of sp³-hybridized carbons (Fsp3) is 0.778. The number of carbonyl (C=O) groups excluding carboxylic acids is 6. The van der Waals surface area contributed by atoms with Gasteiger partial charge in [0, 0.05) is 6.54 Å². The topological polar surface area (TPSA) is 177 Å². The summed E-state index contributed by atoms with van der Waals surface area (Å²) in [7, 11) is 0. The number of rotatable bonds is 11. The molecule has 12 heteroatoms. The molecule has 3 rings (SSSR count). The van der Waals surface area contributed by atoms with E-state index in [1.54, 1.807) is 20.8 Å². The van der Waals surface area contributed by atoms with Crippen LogP contribution < -0.4 is 21.7 Å². The van der Waals surface area contributed by atoms with E-state index in [4.69, 9.17) is 10.5 Å². The fourth-order valence-electron chi connectivity index (χ4n) is 5.41. The van der Waals surface area contributed by atoms with Crippen molar-refractivity contribution in [2.24, 2.45) is 17.6 Å². The molecule has 5 N–H and O–H groups in total. The highest BCUT2D eigenvalue weighted by Gasteiger charge is 2.42. The van der Waals surface area contributed by atoms with E-state index < -0.39 is 53.3 Å². The van der Waals surface area contributed by atoms with Crippen molar-refractivity contribution in [1.82, 2.24) is 20.9 Å². The third kappa shape index (κ3) is 9.21. The number of nitrogens with one attached hydrogen (secondary N) is 3. The molecular formula is C27H43N5O7. The number of ketones is 1. The molecule has 1 saturated heterocycles. The van der Waals surface area contributed by atoms with Crippen molar-refractivity contribution in [1.29, 1.82) is 0 Å². The van der Waals surface area contributed by atoms with Crippen molar-refractivity contribution in [3.05, 3.63) is 0 Å². The molecule has 3 atom stereocenters. The van der Waals surface area contributed by atoms with Gasteiger partial charge in [-0.25, -0.2) is 4.79 Å². The van der Waals surface area contributed by atoms with Crippen LogP contribution in [0.3, 0.4) is 0 Å². The molecular weight excluding hydrogens is 506 g/mol. The van der Waals surface area contributed by atoms with Crippen molar-refractivity contribution in [3.8, 4) is 0 Å². The molecule has 2 saturated carbocycles. The first-order valence-corrected chi connectivity index (χ1v) is 14.1. The highest BCUT2D eigenvalue weighted by Crippen LogP contribution is 2.34. The predicted octanol–water partition coefficient (Wildman–Crippen LogP) is 0.907. The van der Waals surface area contributed by atoms with E-state index in [0.717, 1.165) is 44.9 Å². The Bertz CT molecular complexity index is 953. The zero-order chi connectivity index (χ0) is 28.7. The van der Waals surface area contributed by atoms with Crippen molar-refractivity contribution in [2.75, 3.05) is 13.1 Å². The number of Topliss-reactive ketones (excluding diaryl/α,β-unsaturated/α-hetero) is 1. The zero-order valence-electron chi connectivity index (χ0n) is 23.3. The van der Waals surface area contributed by atoms with Gasteiger partial charge in [-0.05, 0) is 64.7 Å². The van der Waals surface area contributed by atoms with E-state index in [2.05, 4.69) is 16.0 Å². The molecule has 218 valence electrons. The smallest absolute Gasteiger partial charge is 0.325 e. The summed E-state index contributed by atoms with van der Waals surface area (Å²) in [5.41, 5.74) is 4.51. The van der Waals surface area contributed by atoms with Crippen molar-refractivity contribution >= 4 is 35.5 Å². The third-order valence-electron chi connectivity index (χ3n) is 7.47. The largest absolute Gasteiger partial charge is 0.459 e. The Morgan fingerprint density at radius 2 is 1.59 bits per heavy atom. The van der Waals surface area contributed by atoms with Gasteiger partial charge in [-0.15, -0.1) is 0 Å². The monoisotopic (exact) mass is 549 g/mol. The maximum atomic E-state index is 13.8. The Balaban J connectivity index is 1.68. The molecule has 1 aliphatic heterocycles. The molecule has 3 unspecified atom stereocenters. The minimum Gasteiger partial charge on any atom is -0.459 e. The summed E-state index contributed by atoms with van der Waals surface area (Å²) in [6, 6.07) is -3.36. The Morgan fingerprint density at radius 3 is 2.18 bits per heavy atom. The first kappa shape index (κ1) is 30.4. The number of likely N-dealkylation sites (tertiary alicyclic amines) is 1. The van der Waals surface area contributed by atoms with Crippen LogP contribution in [0.15, 0.2) is 0 Å². The number of primary amides is 1. The number of hydrogen-bond donors (Lipinski definition) is 4. The van der Waals surface area contributed by atoms with Gasteiger partial charge in [0.25, 0.3) is 5.91 Å². The van der Waals surface area contributed by atoms with Gasteiger partial charge in [0.1, 0.15) is 24.2 Å². The van der Waals surface area contributed by atoms with Crippen LogP contribution in [0.2, 0.25) is 0 Å². The first-order valence-electron chi connectivity index (χ1n) is 14.1. The van der Waals surface area contributed by atoms with Crippen LogP contribution >= 0.6 is 0 Å². The molecule has 1 heterocycles. The number of nitrogens with zero attached hydrogens (tertiary/aromatic N) is 1. The maximum Gasteiger partial charge on any atom is 0.325 e. The van der Waals surface area contributed by atoms with E-state index in [0.29, 0.717) is 25.8 Å². The normalized spacial score (nSPS) is 21.4. The SMILES string of the molecule is CC(C)(C)OC(=O)CNC(=O)NC(C(=O)N1CCCC1C(=O)NC(CC1CC1)C(=O)C(N)=O)C1CCCCC1. The minimum absolute atomic E-state index is 0.109. The average Bonchev–Trinajstić information content (AvgIpc) is 3.55. The lowest BCUT2D eigenvalue weighted by atomic mass is 9.83. The lowest BCUT2D eigenvalue weighted by molar-refractivity contribution is -0.153. The van der Waals surface area contributed by atoms with Crippen molar-refractivity contribution in [2.45, 2.75) is 109 Å². The van der Waals surface area contributed by atoms with Gasteiger partial charge in [0.2, 0.25) is 17.6 Å². The Morgan fingerprint density at radius 1 is 0.923 bits per heavy atom. The number of esters is 1. The van der Waals surface area contributed by atoms with Crippen LogP contribution in [-0.4, -0.2) is 77.2 Å². The number of nitrogens with two attached hydrogens (primary N) is 1. The predicted molar refractivity (Wildman–Crippen MR) is 141 cm³/mol. The summed E-state index contributed by atoms with van der Waals surface area (Å²) in [6.45, 7) is 5.16. The second-order valence-corrected chi connectivity index (χ2v) is 11.9. The van der Waals surface area contributed by atoms with E-state index in [1.165, 1.54) is 4.90 Å². The molecule has 0 spiro atoms. The number of urea groups is 1. The molecule has 0 aromatic rings. The molecule has 0 bridgehead atoms. The molecule has 39 heavy (non-hydrogen) atoms. The maximum absolute atomic E-state index is 13.8. The lowest BCUT2D eigenvalue weighted by Crippen LogP contribution is -2.59. The third-order valence-corrected chi connectivity index (χ3v) is 7.47. The second-order valence-electron chi connectivity index (χ2n) is 11.9. The first-order chi connectivity index (χ1) is 18.4. The summed E-state index contributed by atoms with van der Waals surface area (Å²) in [4.78, 5) is 77.1. The van der Waals surface area contributed by atoms with Crippen molar-refractivity contribution in [3.63, 3.8) is 0 Å². The van der Waals surface area contributed by atoms with Gasteiger partial charge in [0.05, 0.1) is 6.04 Å². The van der Waals surface area contributed by atoms with Crippen LogP contribution in [-0.2, 0) is 28.7 Å². The zero-order valence-corrected chi connectivity index (χ0v) is 23.3. The summed E-state index contributed by atoms with van der Waals surface area (Å²) in [5.74, 6) is -3.25. The van der Waals surface area contributed by atoms with Gasteiger partial charge in [-0.1, -0.05) is 32.1 Å². The van der Waals surface area contributed by atoms with Gasteiger partial charge in [-0.3, -0.25) is 24.0 Å². The summed E-state index contributed by atoms with van der Waals surface area (Å²) < 4.78 is 5.22. The van der Waals surface area contributed by atoms with E-state index in [9.17, 15) is 28.8 Å². The highest BCUT2D eigenvalue weighted by molar-refractivity contribution is 6.37. The molecule has 3 aliphatic rings. The summed E-state index contributed by atoms with van der Waals surface area (Å²) in [5, 5.41) is 7.90. The number of amides is 5. The highest BCUT2D eigenvalue weighted by atomic mass is 16.6. The van der Waals surface area contributed by atoms with Crippen LogP contribution in [0, 0.1) is 11.8 Å². The van der Waals surface area contributed by atoms with Crippen LogP contribution in [0.5, 0.6) is 0 Å². The molecule has 2 aliphatic carbocycles. The summed E-state index contributed by atoms with van der Waals surface area (Å²) >= 11 is 0. The van der Waals surface area contributed by atoms with Gasteiger partial charge < -0.3 is 31.3 Å². The Kier molecular flexibility index (Phi) is 10.3. The molecule has 0 aromatic heterocycles. The Labute approximate surface area is 229 Å². The van der Waals surface area contributed by atoms with E-state index in [1.807, 2.05) is 0 Å². The van der Waals surface area contributed by atoms with Crippen molar-refractivity contribution < 1.29 is 33.5 Å². The van der Waals surface area contributed by atoms with E-state index in [-0.39, 0.29) is 24.3 Å². The molecule has 12 nitrogen and oxygen atoms in total. The molecule has 5 amide bonds. The van der Waals surface area contributed by atoms with Gasteiger partial charge >= 0.3 is 12.0 Å². The minimum atomic E-state index is -1.10. The number of hydrogen-bond acceptors (Lipinski definition) is 7. The van der Waals surface area contributed by atoms with Crippen LogP contribution in [0.1, 0.15) is 85.0 Å². The molecule has 0 radical (unpaired) electrons. The van der Waals surface area contributed by atoms with Crippen LogP contribution in [0.4, 0.5) is 4.79 Å². The standard InChI is InChI=1S/C27H43N5O7/c1-27(2,3)39-20(33)15-29-26(38)31-21(17-8-5-4-6-9-17)25(37)32-13-7-10-19(32)24(36)30-18(14-16-11-12-16)22(34)23(28)35/h16-19,21H,4-15H2,1-3H3,(H2,28,35)(H,30,36)(H2,29,31,38). The quantitative estimate of drug-likeness (QED) is 0.219. The van der Waals surface area contributed by atoms with Gasteiger partial charge in [-0.2, -0.15) is 0 Å². The van der Waals surface area contributed by atoms with Gasteiger partial charge in [0.15, 0.2) is 0 Å². The molecule has 0 aromatic carbocycles. The average molecular weight is 550 g/mol. The van der Waals surface area contributed by atoms with Crippen LogP contribution in [0.25, 0.3) is 0 Å². The number of ether oxygens (including phenoxy) is 1. The fourth-order valence-corrected chi connectivity index (χ4v) is 5.41. The summed E-state index contributed by atoms with van der Waals surface area (Å²) in [6.07, 6.45) is 7.60. The van der Waals surface area contributed by atoms with E-state index >= 15 is 0 Å². The molecule has 3 fully saturated rings. The second kappa shape index (κ2) is 13.3.